The molecule has 1 atom stereocenters. The molecular formula is C23H25N3O3S. The minimum atomic E-state index is -0.357. The Hall–Kier alpha value is -3.06. The van der Waals surface area contributed by atoms with Gasteiger partial charge in [0.05, 0.1) is 17.5 Å². The Labute approximate surface area is 180 Å². The molecule has 2 aromatic carbocycles. The first-order valence-corrected chi connectivity index (χ1v) is 10.7. The minimum Gasteiger partial charge on any atom is -0.494 e. The molecule has 3 aromatic rings. The van der Waals surface area contributed by atoms with Gasteiger partial charge in [-0.2, -0.15) is 9.78 Å². The van der Waals surface area contributed by atoms with E-state index in [2.05, 4.69) is 10.4 Å². The minimum absolute atomic E-state index is 0.0937. The first-order valence-electron chi connectivity index (χ1n) is 9.80. The number of aryl methyl sites for hydroxylation is 1. The molecule has 1 amide bonds. The molecule has 0 saturated carbocycles. The molecule has 0 radical (unpaired) electrons. The highest BCUT2D eigenvalue weighted by atomic mass is 32.2. The maximum absolute atomic E-state index is 12.5. The predicted octanol–water partition coefficient (Wildman–Crippen LogP) is 3.74. The highest BCUT2D eigenvalue weighted by molar-refractivity contribution is 8.00. The Morgan fingerprint density at radius 3 is 2.47 bits per heavy atom. The van der Waals surface area contributed by atoms with Gasteiger partial charge < -0.3 is 10.1 Å². The third-order valence-electron chi connectivity index (χ3n) is 4.42. The number of hydrogen-bond donors (Lipinski definition) is 1. The summed E-state index contributed by atoms with van der Waals surface area (Å²) in [7, 11) is 0. The van der Waals surface area contributed by atoms with Crippen molar-refractivity contribution in [1.82, 2.24) is 15.1 Å². The van der Waals surface area contributed by atoms with E-state index >= 15 is 0 Å². The third-order valence-corrected chi connectivity index (χ3v) is 5.45. The number of nitrogens with one attached hydrogen (secondary N) is 1. The molecule has 1 N–H and O–H groups in total. The number of nitrogens with zero attached hydrogens (tertiary/aromatic N) is 2. The van der Waals surface area contributed by atoms with E-state index in [1.165, 1.54) is 22.5 Å². The number of rotatable bonds is 8. The van der Waals surface area contributed by atoms with Crippen LogP contribution in [0.5, 0.6) is 5.75 Å². The van der Waals surface area contributed by atoms with Crippen molar-refractivity contribution in [3.63, 3.8) is 0 Å². The van der Waals surface area contributed by atoms with Crippen LogP contribution >= 0.6 is 11.8 Å². The average molecular weight is 424 g/mol. The van der Waals surface area contributed by atoms with Gasteiger partial charge in [-0.3, -0.25) is 9.59 Å². The molecule has 0 spiro atoms. The summed E-state index contributed by atoms with van der Waals surface area (Å²) in [6, 6.07) is 18.3. The third kappa shape index (κ3) is 5.73. The summed E-state index contributed by atoms with van der Waals surface area (Å²) in [5.74, 6) is 0.718. The molecule has 0 saturated heterocycles. The second-order valence-electron chi connectivity index (χ2n) is 6.81. The van der Waals surface area contributed by atoms with Gasteiger partial charge in [0.2, 0.25) is 5.91 Å². The topological polar surface area (TPSA) is 73.2 Å². The molecular weight excluding hydrogens is 398 g/mol. The maximum atomic E-state index is 12.5. The van der Waals surface area contributed by atoms with Gasteiger partial charge in [0.15, 0.2) is 0 Å². The highest BCUT2D eigenvalue weighted by Gasteiger charge is 2.16. The Bertz CT molecular complexity index is 1050. The average Bonchev–Trinajstić information content (AvgIpc) is 2.75. The molecule has 0 aliphatic rings. The lowest BCUT2D eigenvalue weighted by Crippen LogP contribution is -2.30. The normalized spacial score (nSPS) is 11.7. The van der Waals surface area contributed by atoms with E-state index in [1.807, 2.05) is 69.3 Å². The van der Waals surface area contributed by atoms with Crippen LogP contribution in [0.3, 0.4) is 0 Å². The molecule has 0 unspecified atom stereocenters. The zero-order valence-corrected chi connectivity index (χ0v) is 18.1. The van der Waals surface area contributed by atoms with Crippen LogP contribution in [0.1, 0.15) is 25.0 Å². The van der Waals surface area contributed by atoms with Crippen LogP contribution in [0.25, 0.3) is 5.69 Å². The molecule has 0 bridgehead atoms. The zero-order valence-electron chi connectivity index (χ0n) is 17.3. The monoisotopic (exact) mass is 423 g/mol. The van der Waals surface area contributed by atoms with E-state index < -0.39 is 0 Å². The molecule has 1 heterocycles. The SMILES string of the molecule is CCOc1ccc(CNC(=O)[C@@H](C)Sc2ccc(=O)n(-c3ccc(C)cc3)n2)cc1. The van der Waals surface area contributed by atoms with Gasteiger partial charge in [-0.1, -0.05) is 41.6 Å². The zero-order chi connectivity index (χ0) is 21.5. The van der Waals surface area contributed by atoms with Gasteiger partial charge in [-0.15, -0.1) is 0 Å². The van der Waals surface area contributed by atoms with Gasteiger partial charge in [0, 0.05) is 12.6 Å². The van der Waals surface area contributed by atoms with Crippen LogP contribution < -0.4 is 15.6 Å². The Morgan fingerprint density at radius 1 is 1.10 bits per heavy atom. The number of benzene rings is 2. The van der Waals surface area contributed by atoms with Crippen molar-refractivity contribution < 1.29 is 9.53 Å². The maximum Gasteiger partial charge on any atom is 0.271 e. The second-order valence-corrected chi connectivity index (χ2v) is 8.17. The van der Waals surface area contributed by atoms with Crippen molar-refractivity contribution >= 4 is 17.7 Å². The lowest BCUT2D eigenvalue weighted by atomic mass is 10.2. The standard InChI is InChI=1S/C23H25N3O3S/c1-4-29-20-11-7-18(8-12-20)15-24-23(28)17(3)30-21-13-14-22(27)26(25-21)19-9-5-16(2)6-10-19/h5-14,17H,4,15H2,1-3H3,(H,24,28)/t17-/m1/s1. The van der Waals surface area contributed by atoms with Crippen LogP contribution in [-0.2, 0) is 11.3 Å². The van der Waals surface area contributed by atoms with Crippen LogP contribution in [-0.4, -0.2) is 27.5 Å². The number of ether oxygens (including phenoxy) is 1. The molecule has 1 aromatic heterocycles. The molecule has 0 aliphatic carbocycles. The lowest BCUT2D eigenvalue weighted by Gasteiger charge is -2.13. The van der Waals surface area contributed by atoms with Gasteiger partial charge in [0.1, 0.15) is 10.8 Å². The fourth-order valence-electron chi connectivity index (χ4n) is 2.77. The van der Waals surface area contributed by atoms with E-state index in [0.29, 0.717) is 23.9 Å². The lowest BCUT2D eigenvalue weighted by molar-refractivity contribution is -0.120. The summed E-state index contributed by atoms with van der Waals surface area (Å²) in [6.45, 7) is 6.80. The first-order chi connectivity index (χ1) is 14.5. The summed E-state index contributed by atoms with van der Waals surface area (Å²) < 4.78 is 6.78. The number of thioether (sulfide) groups is 1. The fraction of sp³-hybridized carbons (Fsp3) is 0.261. The molecule has 30 heavy (non-hydrogen) atoms. The fourth-order valence-corrected chi connectivity index (χ4v) is 3.59. The molecule has 156 valence electrons. The summed E-state index contributed by atoms with van der Waals surface area (Å²) in [5.41, 5.74) is 2.58. The van der Waals surface area contributed by atoms with E-state index in [9.17, 15) is 9.59 Å². The first kappa shape index (κ1) is 21.6. The van der Waals surface area contributed by atoms with Crippen molar-refractivity contribution in [3.8, 4) is 11.4 Å². The van der Waals surface area contributed by atoms with Gasteiger partial charge in [-0.05, 0) is 56.7 Å². The van der Waals surface area contributed by atoms with Crippen LogP contribution in [0.4, 0.5) is 0 Å². The smallest absolute Gasteiger partial charge is 0.271 e. The number of hydrogen-bond acceptors (Lipinski definition) is 5. The van der Waals surface area contributed by atoms with E-state index in [-0.39, 0.29) is 16.7 Å². The second kappa shape index (κ2) is 10.1. The van der Waals surface area contributed by atoms with E-state index in [1.54, 1.807) is 6.07 Å². The largest absolute Gasteiger partial charge is 0.494 e. The van der Waals surface area contributed by atoms with Crippen LogP contribution in [0.15, 0.2) is 70.5 Å². The van der Waals surface area contributed by atoms with Crippen LogP contribution in [0, 0.1) is 6.92 Å². The summed E-state index contributed by atoms with van der Waals surface area (Å²) in [6.07, 6.45) is 0. The van der Waals surface area contributed by atoms with Crippen molar-refractivity contribution in [3.05, 3.63) is 82.1 Å². The molecule has 0 aliphatic heterocycles. The number of carbonyl (C=O) groups excluding carboxylic acids is 1. The Kier molecular flexibility index (Phi) is 7.30. The summed E-state index contributed by atoms with van der Waals surface area (Å²) in [5, 5.41) is 7.60. The van der Waals surface area contributed by atoms with Crippen LogP contribution in [0.2, 0.25) is 0 Å². The van der Waals surface area contributed by atoms with Gasteiger partial charge in [0.25, 0.3) is 5.56 Å². The van der Waals surface area contributed by atoms with Gasteiger partial charge >= 0.3 is 0 Å². The van der Waals surface area contributed by atoms with Crippen molar-refractivity contribution in [2.45, 2.75) is 37.6 Å². The molecule has 7 heteroatoms. The quantitative estimate of drug-likeness (QED) is 0.559. The Morgan fingerprint density at radius 2 is 1.80 bits per heavy atom. The van der Waals surface area contributed by atoms with Crippen molar-refractivity contribution in [2.24, 2.45) is 0 Å². The summed E-state index contributed by atoms with van der Waals surface area (Å²) >= 11 is 1.31. The van der Waals surface area contributed by atoms with Gasteiger partial charge in [-0.25, -0.2) is 0 Å². The van der Waals surface area contributed by atoms with Crippen molar-refractivity contribution in [1.29, 1.82) is 0 Å². The summed E-state index contributed by atoms with van der Waals surface area (Å²) in [4.78, 5) is 24.7. The highest BCUT2D eigenvalue weighted by Crippen LogP contribution is 2.21. The predicted molar refractivity (Wildman–Crippen MR) is 119 cm³/mol. The van der Waals surface area contributed by atoms with E-state index in [4.69, 9.17) is 4.74 Å². The molecule has 3 rings (SSSR count). The Balaban J connectivity index is 1.61. The van der Waals surface area contributed by atoms with Crippen molar-refractivity contribution in [2.75, 3.05) is 6.61 Å². The van der Waals surface area contributed by atoms with E-state index in [0.717, 1.165) is 16.9 Å². The number of carbonyl (C=O) groups is 1. The molecule has 6 nitrogen and oxygen atoms in total. The number of aromatic nitrogens is 2. The number of amides is 1. The molecule has 0 fully saturated rings.